The molecule has 1 aliphatic heterocycles. The number of imidazole rings is 1. The zero-order valence-electron chi connectivity index (χ0n) is 26.8. The summed E-state index contributed by atoms with van der Waals surface area (Å²) in [5.74, 6) is -0.122. The number of likely N-dealkylation sites (tertiary alicyclic amines) is 1. The third-order valence-corrected chi connectivity index (χ3v) is 10.8. The summed E-state index contributed by atoms with van der Waals surface area (Å²) < 4.78 is 31.0. The number of aromatic nitrogens is 4. The fraction of sp³-hybridized carbons (Fsp3) is 0.250. The maximum atomic E-state index is 13.9. The molecule has 0 saturated carbocycles. The van der Waals surface area contributed by atoms with Gasteiger partial charge in [-0.05, 0) is 93.5 Å². The van der Waals surface area contributed by atoms with Gasteiger partial charge in [0, 0.05) is 54.6 Å². The van der Waals surface area contributed by atoms with Gasteiger partial charge in [-0.1, -0.05) is 35.9 Å². The monoisotopic (exact) mass is 648 g/mol. The van der Waals surface area contributed by atoms with Crippen LogP contribution in [0.4, 0.5) is 0 Å². The molecule has 0 bridgehead atoms. The largest absolute Gasteiger partial charge is 0.345 e. The Morgan fingerprint density at radius 3 is 2.28 bits per heavy atom. The maximum absolute atomic E-state index is 13.9. The second-order valence-electron chi connectivity index (χ2n) is 12.6. The number of piperidine rings is 1. The van der Waals surface area contributed by atoms with Crippen molar-refractivity contribution < 1.29 is 13.2 Å². The van der Waals surface area contributed by atoms with Crippen molar-refractivity contribution in [2.45, 2.75) is 30.7 Å². The standard InChI is InChI=1S/C36H36N6O4S/c1-23-5-12-29(13-6-23)47(45,46)41-22-31(24-7-9-25(10-8-24)35(43)39(2)3)30-19-27(21-37-34(30)41)26-11-14-33-32(20-26)38-36(44)42(33)28-15-17-40(4)18-16-28/h5-14,19-22,28H,15-18H2,1-4H3,(H,38,44). The average molecular weight is 649 g/mol. The topological polar surface area (TPSA) is 113 Å². The van der Waals surface area contributed by atoms with Crippen LogP contribution < -0.4 is 5.69 Å². The zero-order valence-corrected chi connectivity index (χ0v) is 27.6. The smallest absolute Gasteiger partial charge is 0.326 e. The summed E-state index contributed by atoms with van der Waals surface area (Å²) in [6, 6.07) is 21.8. The van der Waals surface area contributed by atoms with Gasteiger partial charge in [0.1, 0.15) is 0 Å². The van der Waals surface area contributed by atoms with Crippen LogP contribution in [0.2, 0.25) is 0 Å². The number of benzene rings is 3. The molecule has 0 spiro atoms. The Bertz CT molecular complexity index is 2310. The number of hydrogen-bond acceptors (Lipinski definition) is 6. The first-order chi connectivity index (χ1) is 22.5. The number of pyridine rings is 1. The van der Waals surface area contributed by atoms with E-state index in [4.69, 9.17) is 4.98 Å². The number of rotatable bonds is 6. The fourth-order valence-electron chi connectivity index (χ4n) is 6.45. The van der Waals surface area contributed by atoms with Crippen LogP contribution in [-0.2, 0) is 10.0 Å². The molecule has 1 fully saturated rings. The Hall–Kier alpha value is -5.00. The predicted molar refractivity (Wildman–Crippen MR) is 184 cm³/mol. The highest BCUT2D eigenvalue weighted by Gasteiger charge is 2.25. The van der Waals surface area contributed by atoms with E-state index in [1.54, 1.807) is 62.9 Å². The van der Waals surface area contributed by atoms with Crippen LogP contribution in [0.15, 0.2) is 94.9 Å². The molecule has 240 valence electrons. The van der Waals surface area contributed by atoms with E-state index in [0.717, 1.165) is 59.2 Å². The molecule has 10 nitrogen and oxygen atoms in total. The van der Waals surface area contributed by atoms with Crippen molar-refractivity contribution in [2.75, 3.05) is 34.2 Å². The molecule has 3 aromatic heterocycles. The van der Waals surface area contributed by atoms with Gasteiger partial charge in [0.15, 0.2) is 5.65 Å². The van der Waals surface area contributed by atoms with Crippen LogP contribution in [0.1, 0.15) is 34.8 Å². The lowest BCUT2D eigenvalue weighted by Gasteiger charge is -2.29. The Morgan fingerprint density at radius 2 is 1.60 bits per heavy atom. The Labute approximate surface area is 272 Å². The molecule has 0 radical (unpaired) electrons. The van der Waals surface area contributed by atoms with Crippen molar-refractivity contribution in [3.8, 4) is 22.3 Å². The fourth-order valence-corrected chi connectivity index (χ4v) is 7.78. The van der Waals surface area contributed by atoms with Crippen molar-refractivity contribution in [1.29, 1.82) is 0 Å². The highest BCUT2D eigenvalue weighted by atomic mass is 32.2. The van der Waals surface area contributed by atoms with Gasteiger partial charge in [0.2, 0.25) is 0 Å². The minimum atomic E-state index is -3.98. The van der Waals surface area contributed by atoms with E-state index in [-0.39, 0.29) is 22.5 Å². The molecule has 0 unspecified atom stereocenters. The van der Waals surface area contributed by atoms with Gasteiger partial charge >= 0.3 is 5.69 Å². The molecule has 1 N–H and O–H groups in total. The zero-order chi connectivity index (χ0) is 33.0. The average Bonchev–Trinajstić information content (AvgIpc) is 3.62. The Kier molecular flexibility index (Phi) is 7.60. The van der Waals surface area contributed by atoms with Crippen LogP contribution in [0.25, 0.3) is 44.3 Å². The first-order valence-electron chi connectivity index (χ1n) is 15.6. The molecule has 11 heteroatoms. The summed E-state index contributed by atoms with van der Waals surface area (Å²) in [5, 5.41) is 0.641. The minimum Gasteiger partial charge on any atom is -0.345 e. The lowest BCUT2D eigenvalue weighted by Crippen LogP contribution is -2.34. The number of carbonyl (C=O) groups is 1. The van der Waals surface area contributed by atoms with Crippen LogP contribution in [0, 0.1) is 6.92 Å². The molecule has 3 aromatic carbocycles. The van der Waals surface area contributed by atoms with E-state index >= 15 is 0 Å². The highest BCUT2D eigenvalue weighted by molar-refractivity contribution is 7.90. The number of aryl methyl sites for hydroxylation is 1. The summed E-state index contributed by atoms with van der Waals surface area (Å²) in [7, 11) is 1.52. The first kappa shape index (κ1) is 30.6. The van der Waals surface area contributed by atoms with E-state index in [1.807, 2.05) is 47.9 Å². The van der Waals surface area contributed by atoms with Crippen molar-refractivity contribution in [1.82, 2.24) is 28.3 Å². The minimum absolute atomic E-state index is 0.114. The first-order valence-corrected chi connectivity index (χ1v) is 17.0. The number of nitrogens with zero attached hydrogens (tertiary/aromatic N) is 5. The van der Waals surface area contributed by atoms with E-state index in [9.17, 15) is 18.0 Å². The van der Waals surface area contributed by atoms with Crippen molar-refractivity contribution in [2.24, 2.45) is 0 Å². The second kappa shape index (κ2) is 11.7. The molecule has 7 rings (SSSR count). The normalized spacial score (nSPS) is 14.6. The van der Waals surface area contributed by atoms with Gasteiger partial charge in [-0.3, -0.25) is 9.36 Å². The molecule has 4 heterocycles. The van der Waals surface area contributed by atoms with Crippen LogP contribution >= 0.6 is 0 Å². The lowest BCUT2D eigenvalue weighted by molar-refractivity contribution is 0.0827. The van der Waals surface area contributed by atoms with Crippen LogP contribution in [0.3, 0.4) is 0 Å². The van der Waals surface area contributed by atoms with E-state index in [1.165, 1.54) is 8.87 Å². The number of carbonyl (C=O) groups excluding carboxylic acids is 1. The van der Waals surface area contributed by atoms with Gasteiger partial charge in [0.25, 0.3) is 15.9 Å². The molecule has 6 aromatic rings. The van der Waals surface area contributed by atoms with Gasteiger partial charge in [-0.2, -0.15) is 0 Å². The van der Waals surface area contributed by atoms with Gasteiger partial charge in [0.05, 0.1) is 15.9 Å². The van der Waals surface area contributed by atoms with E-state index in [0.29, 0.717) is 22.2 Å². The van der Waals surface area contributed by atoms with E-state index in [2.05, 4.69) is 16.9 Å². The number of amides is 1. The van der Waals surface area contributed by atoms with Crippen molar-refractivity contribution in [3.63, 3.8) is 0 Å². The third kappa shape index (κ3) is 5.45. The molecule has 0 aliphatic carbocycles. The highest BCUT2D eigenvalue weighted by Crippen LogP contribution is 2.36. The lowest BCUT2D eigenvalue weighted by atomic mass is 10.0. The SMILES string of the molecule is Cc1ccc(S(=O)(=O)n2cc(-c3ccc(C(=O)N(C)C)cc3)c3cc(-c4ccc5c(c4)[nH]c(=O)n5C4CCN(C)CC4)cnc32)cc1. The number of hydrogen-bond donors (Lipinski definition) is 1. The van der Waals surface area contributed by atoms with Crippen molar-refractivity contribution >= 4 is 38.0 Å². The van der Waals surface area contributed by atoms with Gasteiger partial charge < -0.3 is 14.8 Å². The second-order valence-corrected chi connectivity index (χ2v) is 14.4. The summed E-state index contributed by atoms with van der Waals surface area (Å²) >= 11 is 0. The van der Waals surface area contributed by atoms with Gasteiger partial charge in [-0.25, -0.2) is 22.2 Å². The van der Waals surface area contributed by atoms with Gasteiger partial charge in [-0.15, -0.1) is 0 Å². The Balaban J connectivity index is 1.35. The number of H-pyrrole nitrogens is 1. The molecule has 1 amide bonds. The predicted octanol–water partition coefficient (Wildman–Crippen LogP) is 5.53. The maximum Gasteiger partial charge on any atom is 0.326 e. The summed E-state index contributed by atoms with van der Waals surface area (Å²) in [6.45, 7) is 3.80. The van der Waals surface area contributed by atoms with Crippen molar-refractivity contribution in [3.05, 3.63) is 107 Å². The number of nitrogens with one attached hydrogen (secondary N) is 1. The summed E-state index contributed by atoms with van der Waals surface area (Å²) in [5.41, 5.74) is 6.30. The quantitative estimate of drug-likeness (QED) is 0.254. The van der Waals surface area contributed by atoms with Crippen LogP contribution in [-0.4, -0.2) is 76.9 Å². The van der Waals surface area contributed by atoms with Crippen LogP contribution in [0.5, 0.6) is 0 Å². The molecular weight excluding hydrogens is 613 g/mol. The summed E-state index contributed by atoms with van der Waals surface area (Å²) in [4.78, 5) is 37.3. The summed E-state index contributed by atoms with van der Waals surface area (Å²) in [6.07, 6.45) is 5.10. The number of fused-ring (bicyclic) bond motifs is 2. The molecule has 47 heavy (non-hydrogen) atoms. The molecule has 0 atom stereocenters. The molecular formula is C36H36N6O4S. The third-order valence-electron chi connectivity index (χ3n) is 9.14. The molecule has 1 aliphatic rings. The Morgan fingerprint density at radius 1 is 0.915 bits per heavy atom. The van der Waals surface area contributed by atoms with E-state index < -0.39 is 10.0 Å². The molecule has 1 saturated heterocycles. The number of aromatic amines is 1.